The number of amides is 2. The minimum atomic E-state index is -0.644. The van der Waals surface area contributed by atoms with Crippen molar-refractivity contribution in [2.75, 3.05) is 12.4 Å². The molecule has 5 rings (SSSR count). The molecule has 38 heavy (non-hydrogen) atoms. The topological polar surface area (TPSA) is 111 Å². The van der Waals surface area contributed by atoms with Crippen molar-refractivity contribution in [1.82, 2.24) is 30.4 Å². The number of esters is 1. The summed E-state index contributed by atoms with van der Waals surface area (Å²) in [6.45, 7) is 10.3. The van der Waals surface area contributed by atoms with Crippen LogP contribution in [0.15, 0.2) is 71.5 Å². The molecule has 1 atom stereocenters. The van der Waals surface area contributed by atoms with Gasteiger partial charge in [0.25, 0.3) is 0 Å². The van der Waals surface area contributed by atoms with Crippen LogP contribution in [0.25, 0.3) is 22.1 Å². The van der Waals surface area contributed by atoms with Crippen LogP contribution in [0.5, 0.6) is 0 Å². The Morgan fingerprint density at radius 2 is 2.03 bits per heavy atom. The van der Waals surface area contributed by atoms with Crippen LogP contribution in [0.3, 0.4) is 0 Å². The van der Waals surface area contributed by atoms with Crippen molar-refractivity contribution in [3.63, 3.8) is 0 Å². The summed E-state index contributed by atoms with van der Waals surface area (Å²) in [5.74, 6) is -0.236. The van der Waals surface area contributed by atoms with Crippen LogP contribution < -0.4 is 10.6 Å². The highest BCUT2D eigenvalue weighted by Crippen LogP contribution is 2.33. The molecule has 9 nitrogen and oxygen atoms in total. The first-order valence-electron chi connectivity index (χ1n) is 12.3. The summed E-state index contributed by atoms with van der Waals surface area (Å²) < 4.78 is 7.45. The largest absolute Gasteiger partial charge is 0.463 e. The van der Waals surface area contributed by atoms with Crippen molar-refractivity contribution in [2.45, 2.75) is 38.5 Å². The predicted octanol–water partition coefficient (Wildman–Crippen LogP) is 4.75. The van der Waals surface area contributed by atoms with Crippen LogP contribution in [0.1, 0.15) is 29.7 Å². The molecule has 0 bridgehead atoms. The molecular weight excluding hydrogens is 500 g/mol. The SMILES string of the molecule is C=CCn1c2ccccc2c2nnc(SCC3=C(C(=O)OCC)C(c4cc(C)ccc4C)NC(=O)N3)nc21. The maximum atomic E-state index is 13.2. The number of thioether (sulfide) groups is 1. The Hall–Kier alpha value is -4.18. The van der Waals surface area contributed by atoms with Gasteiger partial charge in [-0.05, 0) is 38.0 Å². The quantitative estimate of drug-likeness (QED) is 0.193. The van der Waals surface area contributed by atoms with E-state index in [1.807, 2.05) is 67.0 Å². The number of urea groups is 1. The fourth-order valence-corrected chi connectivity index (χ4v) is 5.44. The molecule has 2 N–H and O–H groups in total. The van der Waals surface area contributed by atoms with Crippen molar-refractivity contribution in [3.05, 3.63) is 83.1 Å². The lowest BCUT2D eigenvalue weighted by molar-refractivity contribution is -0.139. The zero-order chi connectivity index (χ0) is 26.8. The van der Waals surface area contributed by atoms with Crippen molar-refractivity contribution >= 4 is 45.8 Å². The highest BCUT2D eigenvalue weighted by molar-refractivity contribution is 7.99. The number of carbonyl (C=O) groups excluding carboxylic acids is 2. The normalized spacial score (nSPS) is 15.4. The van der Waals surface area contributed by atoms with E-state index in [9.17, 15) is 9.59 Å². The lowest BCUT2D eigenvalue weighted by atomic mass is 9.91. The molecule has 0 spiro atoms. The first-order valence-corrected chi connectivity index (χ1v) is 13.3. The van der Waals surface area contributed by atoms with E-state index in [4.69, 9.17) is 9.72 Å². The molecule has 194 valence electrons. The lowest BCUT2D eigenvalue weighted by Crippen LogP contribution is -2.46. The standard InChI is InChI=1S/C28H28N6O3S/c1-5-13-34-21-10-8-7-9-18(21)24-25(34)31-28(33-32-24)38-15-20-22(26(35)37-6-2)23(30-27(36)29-20)19-14-16(3)11-12-17(19)4/h5,7-12,14,23H,1,6,13,15H2,2-4H3,(H2,29,30,36). The maximum absolute atomic E-state index is 13.2. The van der Waals surface area contributed by atoms with Crippen LogP contribution in [0, 0.1) is 13.8 Å². The number of ether oxygens (including phenoxy) is 1. The van der Waals surface area contributed by atoms with Gasteiger partial charge < -0.3 is 19.9 Å². The molecule has 1 aliphatic heterocycles. The summed E-state index contributed by atoms with van der Waals surface area (Å²) in [4.78, 5) is 30.6. The summed E-state index contributed by atoms with van der Waals surface area (Å²) in [6.07, 6.45) is 1.81. The number of aromatic nitrogens is 4. The van der Waals surface area contributed by atoms with E-state index in [1.54, 1.807) is 6.92 Å². The van der Waals surface area contributed by atoms with Gasteiger partial charge in [0.05, 0.1) is 23.7 Å². The smallest absolute Gasteiger partial charge is 0.338 e. The zero-order valence-corrected chi connectivity index (χ0v) is 22.3. The molecule has 2 aromatic heterocycles. The molecule has 3 heterocycles. The van der Waals surface area contributed by atoms with Gasteiger partial charge in [-0.25, -0.2) is 14.6 Å². The molecule has 0 saturated carbocycles. The van der Waals surface area contributed by atoms with Crippen LogP contribution in [0.2, 0.25) is 0 Å². The number of rotatable bonds is 8. The Morgan fingerprint density at radius 3 is 2.82 bits per heavy atom. The van der Waals surface area contributed by atoms with Crippen molar-refractivity contribution in [3.8, 4) is 0 Å². The lowest BCUT2D eigenvalue weighted by Gasteiger charge is -2.30. The maximum Gasteiger partial charge on any atom is 0.338 e. The van der Waals surface area contributed by atoms with Gasteiger partial charge in [0.2, 0.25) is 5.16 Å². The van der Waals surface area contributed by atoms with E-state index in [0.29, 0.717) is 34.1 Å². The molecule has 0 fully saturated rings. The third kappa shape index (κ3) is 4.74. The molecule has 0 radical (unpaired) electrons. The number of carbonyl (C=O) groups is 2. The number of hydrogen-bond donors (Lipinski definition) is 2. The van der Waals surface area contributed by atoms with Gasteiger partial charge in [-0.2, -0.15) is 0 Å². The molecule has 1 aliphatic rings. The summed E-state index contributed by atoms with van der Waals surface area (Å²) in [5.41, 5.74) is 6.07. The Balaban J connectivity index is 1.54. The van der Waals surface area contributed by atoms with Crippen molar-refractivity contribution in [1.29, 1.82) is 0 Å². The highest BCUT2D eigenvalue weighted by atomic mass is 32.2. The number of nitrogens with one attached hydrogen (secondary N) is 2. The zero-order valence-electron chi connectivity index (χ0n) is 21.4. The van der Waals surface area contributed by atoms with Gasteiger partial charge in [0.1, 0.15) is 5.52 Å². The monoisotopic (exact) mass is 528 g/mol. The molecule has 2 amide bonds. The van der Waals surface area contributed by atoms with Crippen LogP contribution >= 0.6 is 11.8 Å². The first kappa shape index (κ1) is 25.5. The molecular formula is C28H28N6O3S. The second kappa shape index (κ2) is 10.7. The summed E-state index contributed by atoms with van der Waals surface area (Å²) in [7, 11) is 0. The third-order valence-electron chi connectivity index (χ3n) is 6.41. The number of aryl methyl sites for hydroxylation is 2. The second-order valence-corrected chi connectivity index (χ2v) is 9.92. The highest BCUT2D eigenvalue weighted by Gasteiger charge is 2.34. The van der Waals surface area contributed by atoms with E-state index in [0.717, 1.165) is 27.6 Å². The summed E-state index contributed by atoms with van der Waals surface area (Å²) in [5, 5.41) is 15.9. The molecule has 0 saturated heterocycles. The molecule has 1 unspecified atom stereocenters. The average Bonchev–Trinajstić information content (AvgIpc) is 3.21. The number of nitrogens with zero attached hydrogens (tertiary/aromatic N) is 4. The Kier molecular flexibility index (Phi) is 7.15. The molecule has 2 aromatic carbocycles. The molecule has 10 heteroatoms. The van der Waals surface area contributed by atoms with E-state index in [1.165, 1.54) is 11.8 Å². The third-order valence-corrected chi connectivity index (χ3v) is 7.27. The van der Waals surface area contributed by atoms with Crippen LogP contribution in [-0.4, -0.2) is 44.1 Å². The van der Waals surface area contributed by atoms with Gasteiger partial charge in [-0.3, -0.25) is 0 Å². The predicted molar refractivity (Wildman–Crippen MR) is 148 cm³/mol. The van der Waals surface area contributed by atoms with Crippen LogP contribution in [-0.2, 0) is 16.1 Å². The van der Waals surface area contributed by atoms with Gasteiger partial charge >= 0.3 is 12.0 Å². The van der Waals surface area contributed by atoms with E-state index in [2.05, 4.69) is 27.4 Å². The average molecular weight is 529 g/mol. The summed E-state index contributed by atoms with van der Waals surface area (Å²) >= 11 is 1.29. The Bertz CT molecular complexity index is 1610. The van der Waals surface area contributed by atoms with Crippen LogP contribution in [0.4, 0.5) is 4.79 Å². The van der Waals surface area contributed by atoms with Gasteiger partial charge in [0, 0.05) is 23.4 Å². The summed E-state index contributed by atoms with van der Waals surface area (Å²) in [6, 6.07) is 12.9. The second-order valence-electron chi connectivity index (χ2n) is 8.98. The van der Waals surface area contributed by atoms with E-state index in [-0.39, 0.29) is 18.4 Å². The Labute approximate surface area is 224 Å². The molecule has 4 aromatic rings. The number of fused-ring (bicyclic) bond motifs is 3. The van der Waals surface area contributed by atoms with E-state index >= 15 is 0 Å². The minimum Gasteiger partial charge on any atom is -0.463 e. The fraction of sp³-hybridized carbons (Fsp3) is 0.250. The number of allylic oxidation sites excluding steroid dienone is 1. The van der Waals surface area contributed by atoms with Gasteiger partial charge in [-0.15, -0.1) is 16.8 Å². The molecule has 0 aliphatic carbocycles. The fourth-order valence-electron chi connectivity index (χ4n) is 4.69. The minimum absolute atomic E-state index is 0.216. The van der Waals surface area contributed by atoms with Gasteiger partial charge in [-0.1, -0.05) is 59.8 Å². The van der Waals surface area contributed by atoms with Crippen molar-refractivity contribution < 1.29 is 14.3 Å². The Morgan fingerprint density at radius 1 is 1.21 bits per heavy atom. The first-order chi connectivity index (χ1) is 18.4. The van der Waals surface area contributed by atoms with E-state index < -0.39 is 12.0 Å². The van der Waals surface area contributed by atoms with Crippen molar-refractivity contribution in [2.24, 2.45) is 0 Å². The number of para-hydroxylation sites is 1. The number of benzene rings is 2. The van der Waals surface area contributed by atoms with Gasteiger partial charge in [0.15, 0.2) is 5.65 Å². The number of hydrogen-bond acceptors (Lipinski definition) is 7.